The standard InChI is InChI=1S/C22H39O2PS2.Zn/c1-3-5-7-9-11-13-15-20-17-18-22(27-25(23,24)26)19-21(20)16-14-12-10-8-6-4-2;/h17-19H,3-16H2,1-2H3,(H2,23,24,26);/q;+2/p-2. The number of unbranched alkanes of at least 4 members (excludes halogenated alkanes) is 10. The van der Waals surface area contributed by atoms with Crippen LogP contribution in [-0.2, 0) is 44.1 Å². The normalized spacial score (nSPS) is 11.4. The van der Waals surface area contributed by atoms with Crippen molar-refractivity contribution in [2.75, 3.05) is 0 Å². The Morgan fingerprint density at radius 1 is 0.750 bits per heavy atom. The van der Waals surface area contributed by atoms with E-state index >= 15 is 0 Å². The van der Waals surface area contributed by atoms with E-state index in [9.17, 15) is 9.79 Å². The Morgan fingerprint density at radius 2 is 1.21 bits per heavy atom. The van der Waals surface area contributed by atoms with Crippen LogP contribution in [0.3, 0.4) is 0 Å². The van der Waals surface area contributed by atoms with Gasteiger partial charge in [-0.1, -0.05) is 84.1 Å². The molecule has 1 aromatic carbocycles. The fraction of sp³-hybridized carbons (Fsp3) is 0.727. The number of rotatable bonds is 16. The first-order valence-corrected chi connectivity index (χ1v) is 14.9. The average Bonchev–Trinajstić information content (AvgIpc) is 2.61. The molecule has 6 heteroatoms. The Labute approximate surface area is 195 Å². The maximum atomic E-state index is 11.5. The van der Waals surface area contributed by atoms with Crippen molar-refractivity contribution in [3.8, 4) is 0 Å². The van der Waals surface area contributed by atoms with E-state index < -0.39 is 5.69 Å². The minimum Gasteiger partial charge on any atom is -0.824 e. The maximum Gasteiger partial charge on any atom is 2.00 e. The SMILES string of the molecule is CCCCCCCCc1ccc(SP([O-])([O-])=S)cc1CCCCCCCC.[Zn+2]. The molecule has 1 rings (SSSR count). The van der Waals surface area contributed by atoms with E-state index in [1.807, 2.05) is 6.07 Å². The number of aryl methyl sites for hydroxylation is 2. The Kier molecular flexibility index (Phi) is 17.9. The van der Waals surface area contributed by atoms with Crippen LogP contribution in [0.15, 0.2) is 23.1 Å². The molecule has 2 nitrogen and oxygen atoms in total. The second-order valence-electron chi connectivity index (χ2n) is 7.50. The molecule has 0 radical (unpaired) electrons. The molecule has 0 spiro atoms. The molecule has 0 aliphatic rings. The predicted molar refractivity (Wildman–Crippen MR) is 121 cm³/mol. The third-order valence-corrected chi connectivity index (χ3v) is 7.66. The summed E-state index contributed by atoms with van der Waals surface area (Å²) in [5.74, 6) is 0. The molecular formula is C22H37O2PS2Zn. The first-order chi connectivity index (χ1) is 13.0. The molecule has 0 saturated heterocycles. The first kappa shape index (κ1) is 28.8. The van der Waals surface area contributed by atoms with Crippen LogP contribution in [0.1, 0.15) is 102 Å². The van der Waals surface area contributed by atoms with Gasteiger partial charge in [-0.2, -0.15) is 5.69 Å². The molecule has 0 aromatic heterocycles. The van der Waals surface area contributed by atoms with Crippen molar-refractivity contribution < 1.29 is 29.3 Å². The van der Waals surface area contributed by atoms with Crippen LogP contribution >= 0.6 is 17.1 Å². The molecule has 0 aliphatic heterocycles. The number of hydrogen-bond donors (Lipinski definition) is 0. The quantitative estimate of drug-likeness (QED) is 0.149. The third-order valence-electron chi connectivity index (χ3n) is 4.99. The van der Waals surface area contributed by atoms with E-state index in [4.69, 9.17) is 0 Å². The van der Waals surface area contributed by atoms with Gasteiger partial charge in [0.25, 0.3) is 0 Å². The second-order valence-corrected chi connectivity index (χ2v) is 13.2. The zero-order valence-corrected chi connectivity index (χ0v) is 23.4. The molecule has 0 bridgehead atoms. The smallest absolute Gasteiger partial charge is 0.824 e. The van der Waals surface area contributed by atoms with Crippen LogP contribution in [0.4, 0.5) is 0 Å². The van der Waals surface area contributed by atoms with Gasteiger partial charge < -0.3 is 9.79 Å². The summed E-state index contributed by atoms with van der Waals surface area (Å²) < 4.78 is 0. The molecule has 156 valence electrons. The fourth-order valence-corrected chi connectivity index (χ4v) is 5.93. The van der Waals surface area contributed by atoms with Gasteiger partial charge in [-0.05, 0) is 48.9 Å². The molecule has 0 amide bonds. The van der Waals surface area contributed by atoms with Crippen molar-refractivity contribution in [2.45, 2.75) is 109 Å². The van der Waals surface area contributed by atoms with Crippen molar-refractivity contribution >= 4 is 28.9 Å². The minimum absolute atomic E-state index is 0. The van der Waals surface area contributed by atoms with Crippen LogP contribution in [0.2, 0.25) is 0 Å². The zero-order valence-electron chi connectivity index (χ0n) is 17.9. The number of benzene rings is 1. The largest absolute Gasteiger partial charge is 2.00 e. The summed E-state index contributed by atoms with van der Waals surface area (Å²) in [5.41, 5.74) is -1.03. The molecule has 28 heavy (non-hydrogen) atoms. The molecule has 1 aromatic rings. The molecule has 0 aliphatic carbocycles. The molecule has 0 heterocycles. The summed E-state index contributed by atoms with van der Waals surface area (Å²) >= 11 is 5.40. The van der Waals surface area contributed by atoms with Gasteiger partial charge in [0.2, 0.25) is 0 Å². The zero-order chi connectivity index (χ0) is 20.0. The van der Waals surface area contributed by atoms with Crippen LogP contribution in [0, 0.1) is 0 Å². The van der Waals surface area contributed by atoms with Crippen LogP contribution in [0.25, 0.3) is 0 Å². The molecule has 0 fully saturated rings. The van der Waals surface area contributed by atoms with Gasteiger partial charge in [-0.15, -0.1) is 23.2 Å². The Bertz CT molecular complexity index is 563. The van der Waals surface area contributed by atoms with Gasteiger partial charge in [0, 0.05) is 4.90 Å². The fourth-order valence-electron chi connectivity index (χ4n) is 3.46. The summed E-state index contributed by atoms with van der Waals surface area (Å²) in [6.45, 7) is 4.49. The van der Waals surface area contributed by atoms with E-state index in [1.54, 1.807) is 0 Å². The van der Waals surface area contributed by atoms with Crippen molar-refractivity contribution in [2.24, 2.45) is 0 Å². The van der Waals surface area contributed by atoms with E-state index in [0.29, 0.717) is 0 Å². The molecule has 0 atom stereocenters. The average molecular weight is 494 g/mol. The topological polar surface area (TPSA) is 46.1 Å². The van der Waals surface area contributed by atoms with E-state index in [2.05, 4.69) is 37.8 Å². The van der Waals surface area contributed by atoms with Crippen molar-refractivity contribution in [1.82, 2.24) is 0 Å². The Morgan fingerprint density at radius 3 is 1.71 bits per heavy atom. The third kappa shape index (κ3) is 14.7. The minimum atomic E-state index is -3.75. The van der Waals surface area contributed by atoms with Gasteiger partial charge in [-0.25, -0.2) is 0 Å². The van der Waals surface area contributed by atoms with Crippen LogP contribution in [-0.4, -0.2) is 0 Å². The van der Waals surface area contributed by atoms with Gasteiger partial charge in [-0.3, -0.25) is 0 Å². The van der Waals surface area contributed by atoms with Crippen LogP contribution in [0.5, 0.6) is 0 Å². The predicted octanol–water partition coefficient (Wildman–Crippen LogP) is 6.53. The van der Waals surface area contributed by atoms with Gasteiger partial charge in [0.1, 0.15) is 0 Å². The van der Waals surface area contributed by atoms with E-state index in [-0.39, 0.29) is 19.5 Å². The Balaban J connectivity index is 0.00000729. The van der Waals surface area contributed by atoms with Gasteiger partial charge in [0.15, 0.2) is 0 Å². The summed E-state index contributed by atoms with van der Waals surface area (Å²) in [6.07, 6.45) is 17.6. The van der Waals surface area contributed by atoms with E-state index in [1.165, 1.54) is 88.2 Å². The summed E-state index contributed by atoms with van der Waals surface area (Å²) in [7, 11) is 0. The summed E-state index contributed by atoms with van der Waals surface area (Å²) in [6, 6.07) is 6.13. The summed E-state index contributed by atoms with van der Waals surface area (Å²) in [5, 5.41) is 0. The maximum absolute atomic E-state index is 11.5. The van der Waals surface area contributed by atoms with Gasteiger partial charge >= 0.3 is 19.5 Å². The second kappa shape index (κ2) is 17.4. The molecule has 0 N–H and O–H groups in total. The number of hydrogen-bond acceptors (Lipinski definition) is 4. The Hall–Kier alpha value is 0.763. The van der Waals surface area contributed by atoms with Gasteiger partial charge in [0.05, 0.1) is 0 Å². The van der Waals surface area contributed by atoms with E-state index in [0.717, 1.165) is 29.1 Å². The monoisotopic (exact) mass is 492 g/mol. The summed E-state index contributed by atoms with van der Waals surface area (Å²) in [4.78, 5) is 23.7. The molecule has 0 unspecified atom stereocenters. The first-order valence-electron chi connectivity index (χ1n) is 10.8. The van der Waals surface area contributed by atoms with Crippen molar-refractivity contribution in [1.29, 1.82) is 0 Å². The van der Waals surface area contributed by atoms with Crippen molar-refractivity contribution in [3.05, 3.63) is 29.3 Å². The molecule has 0 saturated carbocycles. The molecular weight excluding hydrogens is 457 g/mol. The van der Waals surface area contributed by atoms with Crippen molar-refractivity contribution in [3.63, 3.8) is 0 Å². The van der Waals surface area contributed by atoms with Crippen LogP contribution < -0.4 is 9.79 Å².